The lowest BCUT2D eigenvalue weighted by molar-refractivity contribution is 0.511. The van der Waals surface area contributed by atoms with Crippen LogP contribution in [0.5, 0.6) is 0 Å². The van der Waals surface area contributed by atoms with Crippen molar-refractivity contribution in [2.75, 3.05) is 18.1 Å². The van der Waals surface area contributed by atoms with Crippen LogP contribution in [0, 0.1) is 11.6 Å². The van der Waals surface area contributed by atoms with E-state index in [1.54, 1.807) is 0 Å². The predicted molar refractivity (Wildman–Crippen MR) is 75.1 cm³/mol. The Kier molecular flexibility index (Phi) is 7.28. The van der Waals surface area contributed by atoms with Crippen LogP contribution in [-0.4, -0.2) is 24.1 Å². The van der Waals surface area contributed by atoms with Crippen molar-refractivity contribution >= 4 is 11.8 Å². The zero-order valence-electron chi connectivity index (χ0n) is 11.0. The number of nitrogens with one attached hydrogen (secondary N) is 1. The van der Waals surface area contributed by atoms with Crippen molar-refractivity contribution in [3.05, 3.63) is 35.4 Å². The maximum atomic E-state index is 13.6. The largest absolute Gasteiger partial charge is 0.313 e. The molecule has 0 bridgehead atoms. The second-order valence-corrected chi connectivity index (χ2v) is 5.38. The first-order chi connectivity index (χ1) is 8.69. The molecule has 1 atom stereocenters. The molecule has 0 aliphatic rings. The summed E-state index contributed by atoms with van der Waals surface area (Å²) in [6.45, 7) is 4.95. The van der Waals surface area contributed by atoms with E-state index in [0.29, 0.717) is 6.42 Å². The Balaban J connectivity index is 2.64. The summed E-state index contributed by atoms with van der Waals surface area (Å²) >= 11 is 1.82. The lowest BCUT2D eigenvalue weighted by Crippen LogP contribution is -2.34. The summed E-state index contributed by atoms with van der Waals surface area (Å²) in [7, 11) is 0. The Bertz CT molecular complexity index is 337. The number of likely N-dealkylation sites (N-methyl/N-ethyl adjacent to an activating group) is 1. The SMILES string of the molecule is CCCSCC(Cc1c(F)cccc1F)NCC. The van der Waals surface area contributed by atoms with E-state index in [9.17, 15) is 8.78 Å². The van der Waals surface area contributed by atoms with Crippen LogP contribution >= 0.6 is 11.8 Å². The van der Waals surface area contributed by atoms with E-state index in [1.807, 2.05) is 18.7 Å². The number of benzene rings is 1. The van der Waals surface area contributed by atoms with Crippen molar-refractivity contribution in [2.24, 2.45) is 0 Å². The molecule has 0 aromatic heterocycles. The molecule has 1 aromatic rings. The van der Waals surface area contributed by atoms with Crippen LogP contribution in [0.1, 0.15) is 25.8 Å². The number of thioether (sulfide) groups is 1. The Morgan fingerprint density at radius 3 is 2.44 bits per heavy atom. The predicted octanol–water partition coefficient (Wildman–Crippen LogP) is 3.63. The van der Waals surface area contributed by atoms with Crippen molar-refractivity contribution in [3.63, 3.8) is 0 Å². The normalized spacial score (nSPS) is 12.7. The van der Waals surface area contributed by atoms with Crippen molar-refractivity contribution in [1.29, 1.82) is 0 Å². The van der Waals surface area contributed by atoms with Gasteiger partial charge >= 0.3 is 0 Å². The fourth-order valence-electron chi connectivity index (χ4n) is 1.82. The topological polar surface area (TPSA) is 12.0 Å². The maximum Gasteiger partial charge on any atom is 0.129 e. The second-order valence-electron chi connectivity index (χ2n) is 4.23. The van der Waals surface area contributed by atoms with E-state index >= 15 is 0 Å². The average molecular weight is 273 g/mol. The number of hydrogen-bond acceptors (Lipinski definition) is 2. The molecule has 0 saturated heterocycles. The van der Waals surface area contributed by atoms with Gasteiger partial charge in [0.1, 0.15) is 11.6 Å². The average Bonchev–Trinajstić information content (AvgIpc) is 2.34. The Morgan fingerprint density at radius 2 is 1.89 bits per heavy atom. The molecule has 1 nitrogen and oxygen atoms in total. The molecule has 1 rings (SSSR count). The summed E-state index contributed by atoms with van der Waals surface area (Å²) in [6, 6.07) is 4.17. The molecule has 0 fully saturated rings. The fourth-order valence-corrected chi connectivity index (χ4v) is 2.80. The zero-order valence-corrected chi connectivity index (χ0v) is 11.8. The van der Waals surface area contributed by atoms with Gasteiger partial charge in [-0.2, -0.15) is 11.8 Å². The van der Waals surface area contributed by atoms with Gasteiger partial charge in [-0.05, 0) is 37.3 Å². The van der Waals surface area contributed by atoms with Crippen LogP contribution in [0.15, 0.2) is 18.2 Å². The lowest BCUT2D eigenvalue weighted by Gasteiger charge is -2.18. The first-order valence-electron chi connectivity index (χ1n) is 6.43. The molecule has 0 saturated carbocycles. The summed E-state index contributed by atoms with van der Waals surface area (Å²) < 4.78 is 27.1. The van der Waals surface area contributed by atoms with Gasteiger partial charge in [0.05, 0.1) is 0 Å². The molecular weight excluding hydrogens is 252 g/mol. The molecule has 4 heteroatoms. The molecule has 0 aliphatic heterocycles. The number of hydrogen-bond donors (Lipinski definition) is 1. The summed E-state index contributed by atoms with van der Waals surface area (Å²) in [6.07, 6.45) is 1.53. The highest BCUT2D eigenvalue weighted by atomic mass is 32.2. The molecule has 1 N–H and O–H groups in total. The summed E-state index contributed by atoms with van der Waals surface area (Å²) in [4.78, 5) is 0. The molecule has 0 heterocycles. The highest BCUT2D eigenvalue weighted by molar-refractivity contribution is 7.99. The Morgan fingerprint density at radius 1 is 1.22 bits per heavy atom. The van der Waals surface area contributed by atoms with Gasteiger partial charge in [-0.15, -0.1) is 0 Å². The molecule has 0 radical (unpaired) electrons. The van der Waals surface area contributed by atoms with Gasteiger partial charge in [-0.25, -0.2) is 8.78 Å². The maximum absolute atomic E-state index is 13.6. The number of rotatable bonds is 8. The Labute approximate surface area is 112 Å². The molecule has 102 valence electrons. The third-order valence-corrected chi connectivity index (χ3v) is 4.01. The van der Waals surface area contributed by atoms with Crippen LogP contribution in [0.3, 0.4) is 0 Å². The van der Waals surface area contributed by atoms with E-state index < -0.39 is 11.6 Å². The molecule has 0 spiro atoms. The molecule has 0 amide bonds. The molecule has 1 unspecified atom stereocenters. The van der Waals surface area contributed by atoms with Gasteiger partial charge in [0, 0.05) is 17.4 Å². The van der Waals surface area contributed by atoms with E-state index in [0.717, 1.165) is 24.5 Å². The van der Waals surface area contributed by atoms with Gasteiger partial charge < -0.3 is 5.32 Å². The van der Waals surface area contributed by atoms with Crippen LogP contribution in [-0.2, 0) is 6.42 Å². The monoisotopic (exact) mass is 273 g/mol. The smallest absolute Gasteiger partial charge is 0.129 e. The van der Waals surface area contributed by atoms with Crippen molar-refractivity contribution in [3.8, 4) is 0 Å². The number of halogens is 2. The van der Waals surface area contributed by atoms with Gasteiger partial charge in [0.2, 0.25) is 0 Å². The minimum absolute atomic E-state index is 0.123. The minimum Gasteiger partial charge on any atom is -0.313 e. The fraction of sp³-hybridized carbons (Fsp3) is 0.571. The van der Waals surface area contributed by atoms with Gasteiger partial charge in [-0.1, -0.05) is 19.9 Å². The van der Waals surface area contributed by atoms with Crippen LogP contribution in [0.4, 0.5) is 8.78 Å². The third kappa shape index (κ3) is 4.94. The van der Waals surface area contributed by atoms with Crippen LogP contribution in [0.2, 0.25) is 0 Å². The Hall–Kier alpha value is -0.610. The van der Waals surface area contributed by atoms with Crippen LogP contribution in [0.25, 0.3) is 0 Å². The standard InChI is InChI=1S/C14H21F2NS/c1-3-8-18-10-11(17-4-2)9-12-13(15)6-5-7-14(12)16/h5-7,11,17H,3-4,8-10H2,1-2H3. The lowest BCUT2D eigenvalue weighted by atomic mass is 10.1. The van der Waals surface area contributed by atoms with E-state index in [2.05, 4.69) is 12.2 Å². The highest BCUT2D eigenvalue weighted by Crippen LogP contribution is 2.16. The molecule has 18 heavy (non-hydrogen) atoms. The van der Waals surface area contributed by atoms with Crippen molar-refractivity contribution in [1.82, 2.24) is 5.32 Å². The first-order valence-corrected chi connectivity index (χ1v) is 7.58. The van der Waals surface area contributed by atoms with E-state index in [1.165, 1.54) is 18.2 Å². The van der Waals surface area contributed by atoms with Gasteiger partial charge in [-0.3, -0.25) is 0 Å². The van der Waals surface area contributed by atoms with Gasteiger partial charge in [0.25, 0.3) is 0 Å². The second kappa shape index (κ2) is 8.48. The summed E-state index contributed by atoms with van der Waals surface area (Å²) in [5.74, 6) is 1.08. The van der Waals surface area contributed by atoms with E-state index in [-0.39, 0.29) is 11.6 Å². The van der Waals surface area contributed by atoms with Crippen molar-refractivity contribution in [2.45, 2.75) is 32.7 Å². The third-order valence-electron chi connectivity index (χ3n) is 2.67. The zero-order chi connectivity index (χ0) is 13.4. The highest BCUT2D eigenvalue weighted by Gasteiger charge is 2.14. The van der Waals surface area contributed by atoms with Gasteiger partial charge in [0.15, 0.2) is 0 Å². The van der Waals surface area contributed by atoms with Crippen LogP contribution < -0.4 is 5.32 Å². The minimum atomic E-state index is -0.446. The first kappa shape index (κ1) is 15.4. The summed E-state index contributed by atoms with van der Waals surface area (Å²) in [5.41, 5.74) is 0.195. The quantitative estimate of drug-likeness (QED) is 0.726. The molecular formula is C14H21F2NS. The van der Waals surface area contributed by atoms with E-state index in [4.69, 9.17) is 0 Å². The summed E-state index contributed by atoms with van der Waals surface area (Å²) in [5, 5.41) is 3.29. The van der Waals surface area contributed by atoms with Crippen molar-refractivity contribution < 1.29 is 8.78 Å². The molecule has 0 aliphatic carbocycles. The molecule has 1 aromatic carbocycles.